The molecule has 0 N–H and O–H groups in total. The Hall–Kier alpha value is -2.90. The SMILES string of the molecule is Cc1nnc([C@@H](C)OC(=O)c2cccc3c2oc(=O)n3C)o1. The van der Waals surface area contributed by atoms with Crippen molar-refractivity contribution in [2.45, 2.75) is 20.0 Å². The molecule has 1 aromatic carbocycles. The van der Waals surface area contributed by atoms with Crippen LogP contribution in [0.25, 0.3) is 11.1 Å². The van der Waals surface area contributed by atoms with Crippen LogP contribution >= 0.6 is 0 Å². The van der Waals surface area contributed by atoms with E-state index in [9.17, 15) is 9.59 Å². The molecule has 1 atom stereocenters. The topological polar surface area (TPSA) is 100 Å². The summed E-state index contributed by atoms with van der Waals surface area (Å²) in [7, 11) is 1.56. The minimum Gasteiger partial charge on any atom is -0.449 e. The Bertz CT molecular complexity index is 905. The van der Waals surface area contributed by atoms with Gasteiger partial charge in [-0.15, -0.1) is 10.2 Å². The molecule has 22 heavy (non-hydrogen) atoms. The summed E-state index contributed by atoms with van der Waals surface area (Å²) in [5.74, 6) is -0.597. The second-order valence-electron chi connectivity index (χ2n) is 4.79. The zero-order chi connectivity index (χ0) is 15.9. The Morgan fingerprint density at radius 3 is 2.77 bits per heavy atom. The Labute approximate surface area is 124 Å². The summed E-state index contributed by atoms with van der Waals surface area (Å²) >= 11 is 0. The molecule has 0 bridgehead atoms. The second-order valence-corrected chi connectivity index (χ2v) is 4.79. The van der Waals surface area contributed by atoms with Crippen molar-refractivity contribution in [2.24, 2.45) is 7.05 Å². The fraction of sp³-hybridized carbons (Fsp3) is 0.286. The quantitative estimate of drug-likeness (QED) is 0.679. The van der Waals surface area contributed by atoms with Crippen LogP contribution in [0.3, 0.4) is 0 Å². The van der Waals surface area contributed by atoms with Gasteiger partial charge in [-0.2, -0.15) is 0 Å². The van der Waals surface area contributed by atoms with Crippen LogP contribution in [-0.4, -0.2) is 20.7 Å². The van der Waals surface area contributed by atoms with Gasteiger partial charge in [0.2, 0.25) is 5.89 Å². The maximum absolute atomic E-state index is 12.3. The molecule has 114 valence electrons. The summed E-state index contributed by atoms with van der Waals surface area (Å²) in [5, 5.41) is 7.48. The Balaban J connectivity index is 1.92. The lowest BCUT2D eigenvalue weighted by molar-refractivity contribution is 0.0278. The van der Waals surface area contributed by atoms with Gasteiger partial charge in [0.25, 0.3) is 5.89 Å². The van der Waals surface area contributed by atoms with E-state index in [0.29, 0.717) is 11.4 Å². The van der Waals surface area contributed by atoms with Crippen molar-refractivity contribution in [1.82, 2.24) is 14.8 Å². The van der Waals surface area contributed by atoms with E-state index in [2.05, 4.69) is 10.2 Å². The monoisotopic (exact) mass is 303 g/mol. The van der Waals surface area contributed by atoms with Crippen LogP contribution in [0.15, 0.2) is 31.8 Å². The molecule has 0 aliphatic carbocycles. The number of hydrogen-bond donors (Lipinski definition) is 0. The molecule has 0 aliphatic rings. The van der Waals surface area contributed by atoms with Gasteiger partial charge in [0, 0.05) is 14.0 Å². The van der Waals surface area contributed by atoms with Gasteiger partial charge in [0.1, 0.15) is 5.56 Å². The average molecular weight is 303 g/mol. The van der Waals surface area contributed by atoms with Crippen molar-refractivity contribution in [2.75, 3.05) is 0 Å². The molecule has 8 nitrogen and oxygen atoms in total. The van der Waals surface area contributed by atoms with Crippen LogP contribution < -0.4 is 5.76 Å². The summed E-state index contributed by atoms with van der Waals surface area (Å²) in [6, 6.07) is 4.86. The van der Waals surface area contributed by atoms with Gasteiger partial charge in [-0.3, -0.25) is 4.57 Å². The molecule has 0 unspecified atom stereocenters. The first kappa shape index (κ1) is 14.1. The number of nitrogens with zero attached hydrogens (tertiary/aromatic N) is 3. The van der Waals surface area contributed by atoms with E-state index < -0.39 is 17.8 Å². The van der Waals surface area contributed by atoms with Gasteiger partial charge in [-0.25, -0.2) is 9.59 Å². The molecule has 2 heterocycles. The van der Waals surface area contributed by atoms with E-state index in [-0.39, 0.29) is 17.0 Å². The normalized spacial score (nSPS) is 12.5. The van der Waals surface area contributed by atoms with Gasteiger partial charge >= 0.3 is 11.7 Å². The molecule has 0 spiro atoms. The van der Waals surface area contributed by atoms with Gasteiger partial charge in [-0.05, 0) is 19.1 Å². The summed E-state index contributed by atoms with van der Waals surface area (Å²) in [5.41, 5.74) is 0.868. The number of ether oxygens (including phenoxy) is 1. The number of aromatic nitrogens is 3. The summed E-state index contributed by atoms with van der Waals surface area (Å²) < 4.78 is 16.9. The lowest BCUT2D eigenvalue weighted by Gasteiger charge is -2.09. The predicted molar refractivity (Wildman–Crippen MR) is 74.3 cm³/mol. The maximum atomic E-state index is 12.3. The van der Waals surface area contributed by atoms with Crippen molar-refractivity contribution >= 4 is 17.1 Å². The van der Waals surface area contributed by atoms with E-state index in [1.165, 1.54) is 10.6 Å². The highest BCUT2D eigenvalue weighted by Gasteiger charge is 2.22. The number of oxazole rings is 1. The van der Waals surface area contributed by atoms with Gasteiger partial charge < -0.3 is 13.6 Å². The first-order valence-corrected chi connectivity index (χ1v) is 6.57. The number of carbonyl (C=O) groups is 1. The van der Waals surface area contributed by atoms with E-state index in [1.54, 1.807) is 33.0 Å². The van der Waals surface area contributed by atoms with Crippen LogP contribution in [-0.2, 0) is 11.8 Å². The molecule has 8 heteroatoms. The average Bonchev–Trinajstić information content (AvgIpc) is 3.04. The van der Waals surface area contributed by atoms with Crippen molar-refractivity contribution in [3.63, 3.8) is 0 Å². The minimum atomic E-state index is -0.709. The first-order valence-electron chi connectivity index (χ1n) is 6.57. The number of para-hydroxylation sites is 1. The maximum Gasteiger partial charge on any atom is 0.419 e. The fourth-order valence-corrected chi connectivity index (χ4v) is 2.06. The molecule has 2 aromatic heterocycles. The van der Waals surface area contributed by atoms with Crippen LogP contribution in [0.1, 0.15) is 35.2 Å². The minimum absolute atomic E-state index is 0.165. The molecule has 0 fully saturated rings. The number of carbonyl (C=O) groups excluding carboxylic acids is 1. The van der Waals surface area contributed by atoms with Crippen molar-refractivity contribution < 1.29 is 18.4 Å². The zero-order valence-electron chi connectivity index (χ0n) is 12.2. The van der Waals surface area contributed by atoms with Crippen LogP contribution in [0, 0.1) is 6.92 Å². The van der Waals surface area contributed by atoms with Gasteiger partial charge in [-0.1, -0.05) is 6.07 Å². The molecule has 0 saturated carbocycles. The van der Waals surface area contributed by atoms with E-state index in [1.807, 2.05) is 0 Å². The number of benzene rings is 1. The van der Waals surface area contributed by atoms with E-state index in [0.717, 1.165) is 0 Å². The highest BCUT2D eigenvalue weighted by Crippen LogP contribution is 2.22. The number of rotatable bonds is 3. The van der Waals surface area contributed by atoms with Crippen molar-refractivity contribution in [3.05, 3.63) is 46.1 Å². The Morgan fingerprint density at radius 2 is 2.09 bits per heavy atom. The van der Waals surface area contributed by atoms with E-state index >= 15 is 0 Å². The van der Waals surface area contributed by atoms with Gasteiger partial charge in [0.05, 0.1) is 5.52 Å². The largest absolute Gasteiger partial charge is 0.449 e. The number of fused-ring (bicyclic) bond motifs is 1. The third-order valence-corrected chi connectivity index (χ3v) is 3.21. The van der Waals surface area contributed by atoms with Crippen molar-refractivity contribution in [3.8, 4) is 0 Å². The highest BCUT2D eigenvalue weighted by atomic mass is 16.6. The van der Waals surface area contributed by atoms with Crippen LogP contribution in [0.5, 0.6) is 0 Å². The Morgan fingerprint density at radius 1 is 1.32 bits per heavy atom. The highest BCUT2D eigenvalue weighted by molar-refractivity contribution is 6.01. The number of aryl methyl sites for hydroxylation is 2. The number of esters is 1. The van der Waals surface area contributed by atoms with Gasteiger partial charge in [0.15, 0.2) is 11.7 Å². The zero-order valence-corrected chi connectivity index (χ0v) is 12.2. The predicted octanol–water partition coefficient (Wildman–Crippen LogP) is 1.74. The lowest BCUT2D eigenvalue weighted by atomic mass is 10.2. The second kappa shape index (κ2) is 5.14. The fourth-order valence-electron chi connectivity index (χ4n) is 2.06. The summed E-state index contributed by atoms with van der Waals surface area (Å²) in [4.78, 5) is 23.9. The molecule has 0 radical (unpaired) electrons. The molecule has 0 amide bonds. The molecule has 0 saturated heterocycles. The summed E-state index contributed by atoms with van der Waals surface area (Å²) in [6.07, 6.45) is -0.709. The standard InChI is InChI=1S/C14H13N3O5/c1-7(12-16-15-8(2)21-12)20-13(18)9-5-4-6-10-11(9)22-14(19)17(10)3/h4-7H,1-3H3/t7-/m1/s1. The molecule has 3 rings (SSSR count). The van der Waals surface area contributed by atoms with E-state index in [4.69, 9.17) is 13.6 Å². The molecule has 0 aliphatic heterocycles. The summed E-state index contributed by atoms with van der Waals surface area (Å²) in [6.45, 7) is 3.26. The number of hydrogen-bond acceptors (Lipinski definition) is 7. The third-order valence-electron chi connectivity index (χ3n) is 3.21. The van der Waals surface area contributed by atoms with Crippen LogP contribution in [0.2, 0.25) is 0 Å². The third kappa shape index (κ3) is 2.28. The first-order chi connectivity index (χ1) is 10.5. The lowest BCUT2D eigenvalue weighted by Crippen LogP contribution is -2.10. The molecular weight excluding hydrogens is 290 g/mol. The molecule has 3 aromatic rings. The van der Waals surface area contributed by atoms with Crippen molar-refractivity contribution in [1.29, 1.82) is 0 Å². The Kier molecular flexibility index (Phi) is 3.28. The van der Waals surface area contributed by atoms with Crippen LogP contribution in [0.4, 0.5) is 0 Å². The smallest absolute Gasteiger partial charge is 0.419 e. The molecular formula is C14H13N3O5.